The number of aliphatic hydroxyl groups is 1. The fourth-order valence-electron chi connectivity index (χ4n) is 4.01. The molecule has 2 N–H and O–H groups in total. The Labute approximate surface area is 221 Å². The van der Waals surface area contributed by atoms with E-state index in [0.29, 0.717) is 54.5 Å². The normalized spacial score (nSPS) is 14.1. The number of ether oxygens (including phenoxy) is 1. The van der Waals surface area contributed by atoms with Gasteiger partial charge in [0, 0.05) is 30.5 Å². The molecule has 1 saturated heterocycles. The van der Waals surface area contributed by atoms with Crippen molar-refractivity contribution in [2.45, 2.75) is 31.3 Å². The van der Waals surface area contributed by atoms with Crippen LogP contribution in [0.25, 0.3) is 0 Å². The second-order valence-corrected chi connectivity index (χ2v) is 11.3. The van der Waals surface area contributed by atoms with Crippen molar-refractivity contribution in [2.75, 3.05) is 37.0 Å². The lowest BCUT2D eigenvalue weighted by Crippen LogP contribution is -2.43. The molecule has 2 heterocycles. The zero-order valence-corrected chi connectivity index (χ0v) is 22.2. The number of amides is 1. The number of nitriles is 1. The van der Waals surface area contributed by atoms with Crippen LogP contribution in [0.1, 0.15) is 46.9 Å². The zero-order valence-electron chi connectivity index (χ0n) is 20.6. The first-order valence-electron chi connectivity index (χ1n) is 11.9. The Bertz CT molecular complexity index is 1240. The number of thioether (sulfide) groups is 1. The fraction of sp³-hybridized carbons (Fsp3) is 0.440. The molecule has 37 heavy (non-hydrogen) atoms. The van der Waals surface area contributed by atoms with Gasteiger partial charge in [0.25, 0.3) is 0 Å². The van der Waals surface area contributed by atoms with Gasteiger partial charge in [-0.3, -0.25) is 9.52 Å². The van der Waals surface area contributed by atoms with E-state index in [1.807, 2.05) is 4.90 Å². The predicted octanol–water partition coefficient (Wildman–Crippen LogP) is 2.22. The number of nitrogens with one attached hydrogen (secondary N) is 1. The van der Waals surface area contributed by atoms with Crippen LogP contribution in [0, 0.1) is 17.2 Å². The standard InChI is InChI=1S/C25H30N4O6S2/c1-2-35-25(32)21-14-20(15-26)23(27-22(21)16-36-13-12-30)29-10-8-19(9-11-29)24(31)28-37(33,34)17-18-6-4-3-5-7-18/h3-7,14,19,30H,2,8-13,16-17H2,1H3,(H,28,31). The number of pyridine rings is 1. The lowest BCUT2D eigenvalue weighted by atomic mass is 9.96. The number of hydrogen-bond donors (Lipinski definition) is 2. The summed E-state index contributed by atoms with van der Waals surface area (Å²) in [5.41, 5.74) is 1.47. The van der Waals surface area contributed by atoms with Crippen LogP contribution in [0.5, 0.6) is 0 Å². The number of nitrogens with zero attached hydrogens (tertiary/aromatic N) is 3. The molecule has 0 saturated carbocycles. The van der Waals surface area contributed by atoms with Gasteiger partial charge in [-0.05, 0) is 31.4 Å². The number of carbonyl (C=O) groups excluding carboxylic acids is 2. The SMILES string of the molecule is CCOC(=O)c1cc(C#N)c(N2CCC(C(=O)NS(=O)(=O)Cc3ccccc3)CC2)nc1CSCCO. The summed E-state index contributed by atoms with van der Waals surface area (Å²) in [7, 11) is -3.83. The van der Waals surface area contributed by atoms with Crippen molar-refractivity contribution in [3.63, 3.8) is 0 Å². The van der Waals surface area contributed by atoms with Crippen molar-refractivity contribution < 1.29 is 27.9 Å². The van der Waals surface area contributed by atoms with E-state index in [9.17, 15) is 23.3 Å². The van der Waals surface area contributed by atoms with E-state index < -0.39 is 27.8 Å². The quantitative estimate of drug-likeness (QED) is 0.317. The maximum absolute atomic E-state index is 12.7. The van der Waals surface area contributed by atoms with Gasteiger partial charge in [-0.15, -0.1) is 0 Å². The molecule has 2 aromatic rings. The summed E-state index contributed by atoms with van der Waals surface area (Å²) in [4.78, 5) is 31.7. The van der Waals surface area contributed by atoms with Gasteiger partial charge in [-0.1, -0.05) is 30.3 Å². The Kier molecular flexibility index (Phi) is 10.3. The van der Waals surface area contributed by atoms with E-state index in [2.05, 4.69) is 15.8 Å². The van der Waals surface area contributed by atoms with E-state index in [4.69, 9.17) is 9.84 Å². The number of piperidine rings is 1. The third kappa shape index (κ3) is 7.92. The van der Waals surface area contributed by atoms with E-state index >= 15 is 0 Å². The third-order valence-corrected chi connectivity index (χ3v) is 7.97. The lowest BCUT2D eigenvalue weighted by molar-refractivity contribution is -0.123. The van der Waals surface area contributed by atoms with Crippen LogP contribution in [0.15, 0.2) is 36.4 Å². The summed E-state index contributed by atoms with van der Waals surface area (Å²) < 4.78 is 32.2. The Morgan fingerprint density at radius 2 is 1.97 bits per heavy atom. The number of carbonyl (C=O) groups is 2. The maximum Gasteiger partial charge on any atom is 0.340 e. The smallest absolute Gasteiger partial charge is 0.340 e. The molecular formula is C25H30N4O6S2. The van der Waals surface area contributed by atoms with Crippen molar-refractivity contribution in [2.24, 2.45) is 5.92 Å². The van der Waals surface area contributed by atoms with E-state index in [-0.39, 0.29) is 30.1 Å². The Balaban J connectivity index is 1.71. The molecule has 1 aliphatic rings. The van der Waals surface area contributed by atoms with Gasteiger partial charge in [0.05, 0.1) is 35.8 Å². The number of sulfonamides is 1. The zero-order chi connectivity index (χ0) is 26.8. The molecule has 0 radical (unpaired) electrons. The number of hydrogen-bond acceptors (Lipinski definition) is 10. The number of anilines is 1. The van der Waals surface area contributed by atoms with Crippen molar-refractivity contribution >= 4 is 39.5 Å². The molecule has 0 aliphatic carbocycles. The molecule has 1 aromatic heterocycles. The third-order valence-electron chi connectivity index (χ3n) is 5.79. The van der Waals surface area contributed by atoms with Gasteiger partial charge in [0.2, 0.25) is 15.9 Å². The molecule has 0 bridgehead atoms. The highest BCUT2D eigenvalue weighted by Gasteiger charge is 2.30. The molecule has 198 valence electrons. The highest BCUT2D eigenvalue weighted by molar-refractivity contribution is 7.98. The first kappa shape index (κ1) is 28.4. The summed E-state index contributed by atoms with van der Waals surface area (Å²) in [6.07, 6.45) is 0.765. The average molecular weight is 547 g/mol. The monoisotopic (exact) mass is 546 g/mol. The van der Waals surface area contributed by atoms with Gasteiger partial charge in [-0.25, -0.2) is 18.2 Å². The number of esters is 1. The fourth-order valence-corrected chi connectivity index (χ4v) is 5.88. The number of benzene rings is 1. The Hall–Kier alpha value is -3.14. The largest absolute Gasteiger partial charge is 0.462 e. The molecule has 1 fully saturated rings. The number of aliphatic hydroxyl groups excluding tert-OH is 1. The molecule has 0 atom stereocenters. The second-order valence-electron chi connectivity index (χ2n) is 8.43. The van der Waals surface area contributed by atoms with Crippen molar-refractivity contribution in [1.29, 1.82) is 5.26 Å². The summed E-state index contributed by atoms with van der Waals surface area (Å²) in [6.45, 7) is 2.64. The van der Waals surface area contributed by atoms with Crippen LogP contribution in [-0.2, 0) is 31.1 Å². The van der Waals surface area contributed by atoms with Crippen molar-refractivity contribution in [3.8, 4) is 6.07 Å². The van der Waals surface area contributed by atoms with Crippen LogP contribution >= 0.6 is 11.8 Å². The van der Waals surface area contributed by atoms with Crippen LogP contribution in [-0.4, -0.2) is 62.4 Å². The molecular weight excluding hydrogens is 516 g/mol. The minimum atomic E-state index is -3.83. The molecule has 0 spiro atoms. The number of aromatic nitrogens is 1. The maximum atomic E-state index is 12.7. The Morgan fingerprint density at radius 3 is 2.59 bits per heavy atom. The van der Waals surface area contributed by atoms with Crippen molar-refractivity contribution in [3.05, 3.63) is 58.8 Å². The average Bonchev–Trinajstić information content (AvgIpc) is 2.88. The molecule has 12 heteroatoms. The van der Waals surface area contributed by atoms with Gasteiger partial charge in [-0.2, -0.15) is 17.0 Å². The van der Waals surface area contributed by atoms with Crippen molar-refractivity contribution in [1.82, 2.24) is 9.71 Å². The minimum absolute atomic E-state index is 0.0147. The topological polar surface area (TPSA) is 150 Å². The van der Waals surface area contributed by atoms with Crippen LogP contribution in [0.3, 0.4) is 0 Å². The van der Waals surface area contributed by atoms with Crippen LogP contribution in [0.2, 0.25) is 0 Å². The minimum Gasteiger partial charge on any atom is -0.462 e. The highest BCUT2D eigenvalue weighted by atomic mass is 32.2. The first-order chi connectivity index (χ1) is 17.8. The molecule has 3 rings (SSSR count). The van der Waals surface area contributed by atoms with Gasteiger partial charge in [0.1, 0.15) is 11.9 Å². The van der Waals surface area contributed by atoms with Crippen LogP contribution < -0.4 is 9.62 Å². The van der Waals surface area contributed by atoms with E-state index in [1.165, 1.54) is 17.8 Å². The van der Waals surface area contributed by atoms with Gasteiger partial charge in [0.15, 0.2) is 0 Å². The molecule has 1 aliphatic heterocycles. The summed E-state index contributed by atoms with van der Waals surface area (Å²) in [5.74, 6) is -0.653. The lowest BCUT2D eigenvalue weighted by Gasteiger charge is -2.33. The van der Waals surface area contributed by atoms with Crippen LogP contribution in [0.4, 0.5) is 5.82 Å². The van der Waals surface area contributed by atoms with Gasteiger partial charge < -0.3 is 14.7 Å². The summed E-state index contributed by atoms with van der Waals surface area (Å²) in [6, 6.07) is 12.2. The molecule has 0 unspecified atom stereocenters. The Morgan fingerprint density at radius 1 is 1.27 bits per heavy atom. The predicted molar refractivity (Wildman–Crippen MR) is 140 cm³/mol. The van der Waals surface area contributed by atoms with E-state index in [1.54, 1.807) is 37.3 Å². The number of rotatable bonds is 11. The molecule has 10 nitrogen and oxygen atoms in total. The highest BCUT2D eigenvalue weighted by Crippen LogP contribution is 2.28. The summed E-state index contributed by atoms with van der Waals surface area (Å²) in [5, 5.41) is 18.8. The molecule has 1 amide bonds. The molecule has 1 aromatic carbocycles. The second kappa shape index (κ2) is 13.4. The van der Waals surface area contributed by atoms with Gasteiger partial charge >= 0.3 is 5.97 Å². The summed E-state index contributed by atoms with van der Waals surface area (Å²) >= 11 is 1.40. The first-order valence-corrected chi connectivity index (χ1v) is 14.7. The van der Waals surface area contributed by atoms with E-state index in [0.717, 1.165) is 0 Å².